The molecule has 3 heterocycles. The van der Waals surface area contributed by atoms with E-state index in [9.17, 15) is 9.90 Å². The van der Waals surface area contributed by atoms with E-state index < -0.39 is 18.2 Å². The summed E-state index contributed by atoms with van der Waals surface area (Å²) in [6, 6.07) is 3.66. The number of likely N-dealkylation sites (N-methyl/N-ethyl adjacent to an activating group) is 1. The van der Waals surface area contributed by atoms with Crippen LogP contribution in [0.2, 0.25) is 0 Å². The summed E-state index contributed by atoms with van der Waals surface area (Å²) in [7, 11) is 2.02. The van der Waals surface area contributed by atoms with Crippen LogP contribution in [0.25, 0.3) is 0 Å². The van der Waals surface area contributed by atoms with Crippen LogP contribution in [0.5, 0.6) is 11.5 Å². The molecule has 3 aliphatic heterocycles. The van der Waals surface area contributed by atoms with Crippen molar-refractivity contribution in [3.63, 3.8) is 0 Å². The first-order chi connectivity index (χ1) is 11.1. The van der Waals surface area contributed by atoms with Gasteiger partial charge < -0.3 is 31.7 Å². The minimum atomic E-state index is -0.784. The predicted molar refractivity (Wildman–Crippen MR) is 79.3 cm³/mol. The molecule has 7 heteroatoms. The third kappa shape index (κ3) is 1.93. The van der Waals surface area contributed by atoms with E-state index in [0.717, 1.165) is 12.0 Å². The van der Waals surface area contributed by atoms with Gasteiger partial charge in [-0.15, -0.1) is 0 Å². The van der Waals surface area contributed by atoms with Crippen molar-refractivity contribution in [2.45, 2.75) is 30.6 Å². The van der Waals surface area contributed by atoms with Crippen LogP contribution in [-0.2, 0) is 4.74 Å². The van der Waals surface area contributed by atoms with Gasteiger partial charge in [0.2, 0.25) is 6.79 Å². The quantitative estimate of drug-likeness (QED) is 0.328. The van der Waals surface area contributed by atoms with Crippen molar-refractivity contribution < 1.29 is 41.1 Å². The summed E-state index contributed by atoms with van der Waals surface area (Å²) in [6.45, 7) is 0.159. The summed E-state index contributed by atoms with van der Waals surface area (Å²) in [5.74, 6) is 0.682. The van der Waals surface area contributed by atoms with E-state index in [2.05, 4.69) is 10.8 Å². The Morgan fingerprint density at radius 2 is 2.00 bits per heavy atom. The number of benzene rings is 1. The minimum absolute atomic E-state index is 0. The van der Waals surface area contributed by atoms with Crippen molar-refractivity contribution in [1.82, 2.24) is 0 Å². The molecule has 4 aliphatic rings. The van der Waals surface area contributed by atoms with Crippen LogP contribution in [0.15, 0.2) is 23.8 Å². The second-order valence-electron chi connectivity index (χ2n) is 6.42. The molecule has 5 rings (SSSR count). The maximum Gasteiger partial charge on any atom is 0.338 e. The summed E-state index contributed by atoms with van der Waals surface area (Å²) < 4.78 is 18.6. The number of nitrogens with zero attached hydrogens (tertiary/aromatic N) is 1. The summed E-state index contributed by atoms with van der Waals surface area (Å²) >= 11 is 0. The number of rotatable bonds is 0. The molecule has 0 amide bonds. The molecular weight excluding hydrogens is 334 g/mol. The van der Waals surface area contributed by atoms with E-state index in [1.807, 2.05) is 19.2 Å². The average Bonchev–Trinajstić information content (AvgIpc) is 3.13. The highest BCUT2D eigenvalue weighted by Gasteiger charge is 2.53. The van der Waals surface area contributed by atoms with Gasteiger partial charge >= 0.3 is 5.97 Å². The van der Waals surface area contributed by atoms with Crippen LogP contribution < -0.4 is 21.9 Å². The lowest BCUT2D eigenvalue weighted by atomic mass is 9.73. The van der Waals surface area contributed by atoms with Gasteiger partial charge in [-0.25, -0.2) is 9.37 Å². The lowest BCUT2D eigenvalue weighted by Gasteiger charge is -2.39. The largest absolute Gasteiger partial charge is 1.00 e. The Balaban J connectivity index is 0.00000146. The molecule has 1 aromatic carbocycles. The van der Waals surface area contributed by atoms with E-state index in [1.54, 1.807) is 6.07 Å². The third-order valence-corrected chi connectivity index (χ3v) is 5.22. The molecule has 126 valence electrons. The van der Waals surface area contributed by atoms with E-state index in [-0.39, 0.29) is 31.2 Å². The second kappa shape index (κ2) is 5.22. The summed E-state index contributed by atoms with van der Waals surface area (Å²) in [6.07, 6.45) is 3.40. The first kappa shape index (κ1) is 15.5. The molecule has 1 N–H and O–H groups in total. The van der Waals surface area contributed by atoms with Crippen molar-refractivity contribution in [1.29, 1.82) is 0 Å². The molecule has 0 radical (unpaired) electrons. The van der Waals surface area contributed by atoms with Crippen LogP contribution >= 0.6 is 0 Å². The molecule has 0 saturated heterocycles. The molecule has 0 aromatic heterocycles. The normalized spacial score (nSPS) is 31.8. The number of hydrogen-bond acceptors (Lipinski definition) is 5. The van der Waals surface area contributed by atoms with E-state index in [0.29, 0.717) is 17.1 Å². The zero-order valence-electron chi connectivity index (χ0n) is 12.9. The standard InChI is InChI=1S/C17H16NO5.ClH/c1-18-3-2-8-4-11(19)16-14(15(8)18)9-5-12-13(22-7-21-12)6-10(9)17(20)23-16;/h3-6,11,14-16,19H,2,7H2,1H3;1H/q+1;/p-1/t11-,14-,15+,16+;/m0./s1. The van der Waals surface area contributed by atoms with Crippen molar-refractivity contribution in [2.75, 3.05) is 13.8 Å². The topological polar surface area (TPSA) is 68.0 Å². The van der Waals surface area contributed by atoms with E-state index in [1.165, 1.54) is 5.57 Å². The first-order valence-corrected chi connectivity index (χ1v) is 7.72. The minimum Gasteiger partial charge on any atom is -1.00 e. The van der Waals surface area contributed by atoms with Crippen LogP contribution in [-0.4, -0.2) is 54.0 Å². The molecule has 0 bridgehead atoms. The smallest absolute Gasteiger partial charge is 0.338 e. The number of carbonyl (C=O) groups is 1. The molecular formula is C17H16ClNO5. The highest BCUT2D eigenvalue weighted by atomic mass is 35.5. The molecule has 1 aliphatic carbocycles. The zero-order chi connectivity index (χ0) is 15.7. The number of carbonyl (C=O) groups excluding carboxylic acids is 1. The Morgan fingerprint density at radius 1 is 1.25 bits per heavy atom. The Hall–Kier alpha value is -2.05. The van der Waals surface area contributed by atoms with Crippen molar-refractivity contribution in [3.8, 4) is 11.5 Å². The number of hydrogen-bond donors (Lipinski definition) is 1. The van der Waals surface area contributed by atoms with Gasteiger partial charge in [-0.3, -0.25) is 0 Å². The number of aliphatic hydroxyl groups excluding tert-OH is 1. The Bertz CT molecular complexity index is 802. The Labute approximate surface area is 144 Å². The summed E-state index contributed by atoms with van der Waals surface area (Å²) in [5, 5.41) is 10.4. The lowest BCUT2D eigenvalue weighted by molar-refractivity contribution is -0.525. The Morgan fingerprint density at radius 3 is 2.79 bits per heavy atom. The van der Waals surface area contributed by atoms with Gasteiger partial charge in [0, 0.05) is 5.57 Å². The summed E-state index contributed by atoms with van der Waals surface area (Å²) in [5.41, 5.74) is 2.54. The van der Waals surface area contributed by atoms with E-state index >= 15 is 0 Å². The van der Waals surface area contributed by atoms with Gasteiger partial charge in [0.15, 0.2) is 17.5 Å². The van der Waals surface area contributed by atoms with Crippen LogP contribution in [0.4, 0.5) is 0 Å². The molecule has 24 heavy (non-hydrogen) atoms. The van der Waals surface area contributed by atoms with Crippen molar-refractivity contribution in [2.24, 2.45) is 0 Å². The number of fused-ring (bicyclic) bond motifs is 6. The number of aliphatic hydroxyl groups is 1. The van der Waals surface area contributed by atoms with Crippen LogP contribution in [0.3, 0.4) is 0 Å². The monoisotopic (exact) mass is 349 g/mol. The fourth-order valence-corrected chi connectivity index (χ4v) is 4.19. The van der Waals surface area contributed by atoms with Crippen molar-refractivity contribution in [3.05, 3.63) is 34.9 Å². The maximum atomic E-state index is 12.4. The van der Waals surface area contributed by atoms with E-state index in [4.69, 9.17) is 14.2 Å². The molecule has 0 unspecified atom stereocenters. The van der Waals surface area contributed by atoms with Crippen LogP contribution in [0.1, 0.15) is 28.3 Å². The molecule has 4 atom stereocenters. The SMILES string of the molecule is C[N+]1=CCC2=C[C@H](O)[C@H]3OC(=O)c4cc5c(cc4[C@H]3[C@@H]21)OCO5.[Cl-]. The lowest BCUT2D eigenvalue weighted by Crippen LogP contribution is -3.00. The highest BCUT2D eigenvalue weighted by Crippen LogP contribution is 2.47. The fourth-order valence-electron chi connectivity index (χ4n) is 4.19. The summed E-state index contributed by atoms with van der Waals surface area (Å²) in [4.78, 5) is 12.4. The number of halogens is 1. The second-order valence-corrected chi connectivity index (χ2v) is 6.42. The van der Waals surface area contributed by atoms with Gasteiger partial charge in [0.1, 0.15) is 25.5 Å². The molecule has 0 saturated carbocycles. The zero-order valence-corrected chi connectivity index (χ0v) is 13.7. The fraction of sp³-hybridized carbons (Fsp3) is 0.412. The maximum absolute atomic E-state index is 12.4. The number of ether oxygens (including phenoxy) is 3. The molecule has 0 fully saturated rings. The predicted octanol–water partition coefficient (Wildman–Crippen LogP) is -2.17. The van der Waals surface area contributed by atoms with Gasteiger partial charge in [0.05, 0.1) is 17.9 Å². The highest BCUT2D eigenvalue weighted by molar-refractivity contribution is 5.94. The molecule has 0 spiro atoms. The molecule has 6 nitrogen and oxygen atoms in total. The third-order valence-electron chi connectivity index (χ3n) is 5.22. The van der Waals surface area contributed by atoms with Gasteiger partial charge in [-0.1, -0.05) is 0 Å². The van der Waals surface area contributed by atoms with Crippen molar-refractivity contribution >= 4 is 12.2 Å². The van der Waals surface area contributed by atoms with Crippen LogP contribution in [0, 0.1) is 0 Å². The van der Waals surface area contributed by atoms with Gasteiger partial charge in [0.25, 0.3) is 0 Å². The number of esters is 1. The molecule has 1 aromatic rings. The Kier molecular flexibility index (Phi) is 3.37. The first-order valence-electron chi connectivity index (χ1n) is 7.72. The van der Waals surface area contributed by atoms with Gasteiger partial charge in [-0.2, -0.15) is 0 Å². The van der Waals surface area contributed by atoms with Gasteiger partial charge in [-0.05, 0) is 23.8 Å². The average molecular weight is 350 g/mol.